The first-order valence-corrected chi connectivity index (χ1v) is 7.99. The van der Waals surface area contributed by atoms with Gasteiger partial charge in [-0.05, 0) is 37.5 Å². The maximum Gasteiger partial charge on any atom is 0.397 e. The molecule has 0 bridgehead atoms. The molecule has 1 atom stereocenters. The lowest BCUT2D eigenvalue weighted by Gasteiger charge is -2.15. The Kier molecular flexibility index (Phi) is 6.14. The molecule has 2 amide bonds. The summed E-state index contributed by atoms with van der Waals surface area (Å²) in [6, 6.07) is 3.93. The van der Waals surface area contributed by atoms with Gasteiger partial charge in [-0.25, -0.2) is 9.18 Å². The summed E-state index contributed by atoms with van der Waals surface area (Å²) >= 11 is 5.66. The molecule has 1 aliphatic rings. The lowest BCUT2D eigenvalue weighted by molar-refractivity contribution is -0.159. The van der Waals surface area contributed by atoms with E-state index in [9.17, 15) is 18.8 Å². The van der Waals surface area contributed by atoms with E-state index in [1.54, 1.807) is 6.92 Å². The zero-order chi connectivity index (χ0) is 17.7. The van der Waals surface area contributed by atoms with Crippen molar-refractivity contribution < 1.29 is 23.5 Å². The topological polar surface area (TPSA) is 75.7 Å². The fraction of sp³-hybridized carbons (Fsp3) is 0.438. The highest BCUT2D eigenvalue weighted by molar-refractivity contribution is 6.32. The van der Waals surface area contributed by atoms with Crippen LogP contribution in [-0.4, -0.2) is 42.4 Å². The quantitative estimate of drug-likeness (QED) is 0.663. The maximum atomic E-state index is 13.1. The standard InChI is InChI=1S/C16H18ClFN2O4/c1-2-24-16(23)15(22)20-6-5-10(9-20)7-14(21)19-11-3-4-13(18)12(17)8-11/h3-4,8,10H,2,5-7,9H2,1H3,(H,19,21). The van der Waals surface area contributed by atoms with Crippen molar-refractivity contribution in [1.82, 2.24) is 4.90 Å². The molecule has 0 saturated carbocycles. The van der Waals surface area contributed by atoms with E-state index in [0.29, 0.717) is 25.2 Å². The van der Waals surface area contributed by atoms with Crippen molar-refractivity contribution in [2.24, 2.45) is 5.92 Å². The van der Waals surface area contributed by atoms with E-state index in [1.165, 1.54) is 23.1 Å². The summed E-state index contributed by atoms with van der Waals surface area (Å²) in [5, 5.41) is 2.57. The highest BCUT2D eigenvalue weighted by atomic mass is 35.5. The third-order valence-corrected chi connectivity index (χ3v) is 3.99. The molecule has 1 saturated heterocycles. The number of likely N-dealkylation sites (tertiary alicyclic amines) is 1. The van der Waals surface area contributed by atoms with Gasteiger partial charge in [0.05, 0.1) is 11.6 Å². The summed E-state index contributed by atoms with van der Waals surface area (Å²) < 4.78 is 17.8. The van der Waals surface area contributed by atoms with Crippen molar-refractivity contribution in [3.05, 3.63) is 29.0 Å². The molecule has 1 aromatic carbocycles. The third kappa shape index (κ3) is 4.67. The van der Waals surface area contributed by atoms with Crippen molar-refractivity contribution in [1.29, 1.82) is 0 Å². The van der Waals surface area contributed by atoms with Gasteiger partial charge < -0.3 is 15.0 Å². The van der Waals surface area contributed by atoms with Gasteiger partial charge in [-0.3, -0.25) is 9.59 Å². The zero-order valence-electron chi connectivity index (χ0n) is 13.2. The van der Waals surface area contributed by atoms with Crippen LogP contribution in [0.1, 0.15) is 19.8 Å². The predicted molar refractivity (Wildman–Crippen MR) is 86.0 cm³/mol. The number of hydrogen-bond donors (Lipinski definition) is 1. The van der Waals surface area contributed by atoms with E-state index in [4.69, 9.17) is 11.6 Å². The van der Waals surface area contributed by atoms with Crippen molar-refractivity contribution >= 4 is 35.1 Å². The molecular formula is C16H18ClFN2O4. The SMILES string of the molecule is CCOC(=O)C(=O)N1CCC(CC(=O)Nc2ccc(F)c(Cl)c2)C1. The highest BCUT2D eigenvalue weighted by Crippen LogP contribution is 2.22. The highest BCUT2D eigenvalue weighted by Gasteiger charge is 2.31. The number of anilines is 1. The van der Waals surface area contributed by atoms with Gasteiger partial charge in [0, 0.05) is 25.2 Å². The Hall–Kier alpha value is -2.15. The van der Waals surface area contributed by atoms with Gasteiger partial charge in [-0.2, -0.15) is 0 Å². The smallest absolute Gasteiger partial charge is 0.397 e. The van der Waals surface area contributed by atoms with Crippen LogP contribution in [-0.2, 0) is 19.1 Å². The zero-order valence-corrected chi connectivity index (χ0v) is 13.9. The predicted octanol–water partition coefficient (Wildman–Crippen LogP) is 2.22. The molecule has 130 valence electrons. The number of carbonyl (C=O) groups excluding carboxylic acids is 3. The Morgan fingerprint density at radius 3 is 2.83 bits per heavy atom. The van der Waals surface area contributed by atoms with Crippen LogP contribution >= 0.6 is 11.6 Å². The Morgan fingerprint density at radius 2 is 2.17 bits per heavy atom. The molecule has 0 radical (unpaired) electrons. The second kappa shape index (κ2) is 8.10. The Balaban J connectivity index is 1.84. The van der Waals surface area contributed by atoms with Gasteiger partial charge in [0.15, 0.2) is 0 Å². The van der Waals surface area contributed by atoms with Gasteiger partial charge in [-0.15, -0.1) is 0 Å². The number of ether oxygens (including phenoxy) is 1. The molecule has 1 aromatic rings. The van der Waals surface area contributed by atoms with Crippen LogP contribution in [0.4, 0.5) is 10.1 Å². The summed E-state index contributed by atoms with van der Waals surface area (Å²) in [7, 11) is 0. The molecule has 1 N–H and O–H groups in total. The normalized spacial score (nSPS) is 16.8. The molecule has 8 heteroatoms. The first-order valence-electron chi connectivity index (χ1n) is 7.61. The largest absolute Gasteiger partial charge is 0.459 e. The maximum absolute atomic E-state index is 13.1. The monoisotopic (exact) mass is 356 g/mol. The molecule has 24 heavy (non-hydrogen) atoms. The molecule has 0 aliphatic carbocycles. The number of rotatable bonds is 4. The van der Waals surface area contributed by atoms with E-state index < -0.39 is 17.7 Å². The summed E-state index contributed by atoms with van der Waals surface area (Å²) in [5.74, 6) is -2.40. The van der Waals surface area contributed by atoms with E-state index in [1.807, 2.05) is 0 Å². The lowest BCUT2D eigenvalue weighted by Crippen LogP contribution is -2.36. The fourth-order valence-electron chi connectivity index (χ4n) is 2.55. The minimum absolute atomic E-state index is 0.0423. The molecule has 6 nitrogen and oxygen atoms in total. The van der Waals surface area contributed by atoms with Gasteiger partial charge >= 0.3 is 11.9 Å². The minimum atomic E-state index is -0.872. The second-order valence-corrected chi connectivity index (χ2v) is 5.91. The first kappa shape index (κ1) is 18.2. The summed E-state index contributed by atoms with van der Waals surface area (Å²) in [6.45, 7) is 2.52. The van der Waals surface area contributed by atoms with Crippen LogP contribution in [0, 0.1) is 11.7 Å². The van der Waals surface area contributed by atoms with Crippen LogP contribution in [0.15, 0.2) is 18.2 Å². The van der Waals surface area contributed by atoms with Crippen molar-refractivity contribution in [2.45, 2.75) is 19.8 Å². The molecule has 2 rings (SSSR count). The molecule has 0 aromatic heterocycles. The number of hydrogen-bond acceptors (Lipinski definition) is 4. The number of carbonyl (C=O) groups is 3. The van der Waals surface area contributed by atoms with E-state index in [2.05, 4.69) is 10.1 Å². The average Bonchev–Trinajstić information content (AvgIpc) is 2.98. The number of halogens is 2. The summed E-state index contributed by atoms with van der Waals surface area (Å²) in [5.41, 5.74) is 0.406. The Labute approximate surface area is 143 Å². The van der Waals surface area contributed by atoms with Gasteiger partial charge in [-0.1, -0.05) is 11.6 Å². The van der Waals surface area contributed by atoms with Crippen LogP contribution in [0.3, 0.4) is 0 Å². The third-order valence-electron chi connectivity index (χ3n) is 3.70. The number of benzene rings is 1. The summed E-state index contributed by atoms with van der Waals surface area (Å²) in [6.07, 6.45) is 0.824. The molecule has 0 spiro atoms. The van der Waals surface area contributed by atoms with Crippen molar-refractivity contribution in [3.8, 4) is 0 Å². The second-order valence-electron chi connectivity index (χ2n) is 5.51. The van der Waals surface area contributed by atoms with E-state index in [0.717, 1.165) is 0 Å². The van der Waals surface area contributed by atoms with Crippen molar-refractivity contribution in [2.75, 3.05) is 25.0 Å². The van der Waals surface area contributed by atoms with Crippen LogP contribution < -0.4 is 5.32 Å². The molecular weight excluding hydrogens is 339 g/mol. The molecule has 1 aliphatic heterocycles. The average molecular weight is 357 g/mol. The lowest BCUT2D eigenvalue weighted by atomic mass is 10.0. The van der Waals surface area contributed by atoms with Gasteiger partial charge in [0.25, 0.3) is 0 Å². The number of nitrogens with zero attached hydrogens (tertiary/aromatic N) is 1. The molecule has 1 unspecified atom stereocenters. The number of nitrogens with one attached hydrogen (secondary N) is 1. The van der Waals surface area contributed by atoms with Crippen LogP contribution in [0.25, 0.3) is 0 Å². The summed E-state index contributed by atoms with van der Waals surface area (Å²) in [4.78, 5) is 36.7. The minimum Gasteiger partial charge on any atom is -0.459 e. The van der Waals surface area contributed by atoms with E-state index >= 15 is 0 Å². The van der Waals surface area contributed by atoms with Crippen LogP contribution in [0.5, 0.6) is 0 Å². The van der Waals surface area contributed by atoms with Crippen LogP contribution in [0.2, 0.25) is 5.02 Å². The van der Waals surface area contributed by atoms with Gasteiger partial charge in [0.1, 0.15) is 5.82 Å². The molecule has 1 heterocycles. The first-order chi connectivity index (χ1) is 11.4. The Morgan fingerprint density at radius 1 is 1.42 bits per heavy atom. The van der Waals surface area contributed by atoms with Crippen molar-refractivity contribution in [3.63, 3.8) is 0 Å². The number of esters is 1. The van der Waals surface area contributed by atoms with E-state index in [-0.39, 0.29) is 29.9 Å². The van der Waals surface area contributed by atoms with Gasteiger partial charge in [0.2, 0.25) is 5.91 Å². The fourth-order valence-corrected chi connectivity index (χ4v) is 2.73. The number of amides is 2. The molecule has 1 fully saturated rings. The Bertz CT molecular complexity index is 653.